The number of halogens is 1. The highest BCUT2D eigenvalue weighted by atomic mass is 35.7. The van der Waals surface area contributed by atoms with Gasteiger partial charge in [-0.2, -0.15) is 0 Å². The molecule has 4 aliphatic rings. The van der Waals surface area contributed by atoms with Crippen LogP contribution in [0.2, 0.25) is 0 Å². The van der Waals surface area contributed by atoms with Gasteiger partial charge in [0.1, 0.15) is 0 Å². The third-order valence-electron chi connectivity index (χ3n) is 4.47. The molecule has 4 fully saturated rings. The topological polar surface area (TPSA) is 34.1 Å². The first-order valence-corrected chi connectivity index (χ1v) is 7.84. The molecule has 0 spiro atoms. The van der Waals surface area contributed by atoms with E-state index in [0.717, 1.165) is 37.5 Å². The van der Waals surface area contributed by atoms with Crippen molar-refractivity contribution >= 4 is 19.7 Å². The molecule has 0 aliphatic heterocycles. The Balaban J connectivity index is 1.95. The van der Waals surface area contributed by atoms with Gasteiger partial charge in [0.25, 0.3) is 0 Å². The maximum absolute atomic E-state index is 11.5. The fraction of sp³-hybridized carbons (Fsp3) is 1.00. The van der Waals surface area contributed by atoms with Crippen LogP contribution in [-0.4, -0.2) is 13.7 Å². The molecule has 0 unspecified atom stereocenters. The molecular formula is C10H15ClO2S. The number of hydrogen-bond donors (Lipinski definition) is 0. The van der Waals surface area contributed by atoms with Gasteiger partial charge in [0.05, 0.1) is 5.25 Å². The first kappa shape index (κ1) is 9.46. The molecule has 0 saturated heterocycles. The molecule has 0 aromatic carbocycles. The van der Waals surface area contributed by atoms with Crippen LogP contribution in [0.3, 0.4) is 0 Å². The summed E-state index contributed by atoms with van der Waals surface area (Å²) in [6.07, 6.45) is 5.81. The van der Waals surface area contributed by atoms with E-state index in [1.807, 2.05) is 0 Å². The molecule has 0 N–H and O–H groups in total. The minimum Gasteiger partial charge on any atom is -0.212 e. The molecule has 14 heavy (non-hydrogen) atoms. The van der Waals surface area contributed by atoms with Crippen molar-refractivity contribution in [2.24, 2.45) is 23.7 Å². The van der Waals surface area contributed by atoms with Crippen molar-refractivity contribution in [3.63, 3.8) is 0 Å². The third-order valence-corrected chi connectivity index (χ3v) is 6.50. The highest BCUT2D eigenvalue weighted by molar-refractivity contribution is 8.14. The first-order valence-electron chi connectivity index (χ1n) is 5.47. The number of hydrogen-bond acceptors (Lipinski definition) is 2. The lowest BCUT2D eigenvalue weighted by Gasteiger charge is -2.53. The van der Waals surface area contributed by atoms with Crippen LogP contribution in [0.15, 0.2) is 0 Å². The van der Waals surface area contributed by atoms with Gasteiger partial charge in [-0.05, 0) is 55.8 Å². The summed E-state index contributed by atoms with van der Waals surface area (Å²) in [4.78, 5) is 0. The Morgan fingerprint density at radius 3 is 1.64 bits per heavy atom. The Hall–Kier alpha value is 0.240. The van der Waals surface area contributed by atoms with Crippen LogP contribution in [0.5, 0.6) is 0 Å². The molecule has 4 saturated carbocycles. The second kappa shape index (κ2) is 2.88. The Bertz CT molecular complexity index is 321. The van der Waals surface area contributed by atoms with E-state index >= 15 is 0 Å². The van der Waals surface area contributed by atoms with E-state index in [2.05, 4.69) is 0 Å². The molecule has 80 valence electrons. The summed E-state index contributed by atoms with van der Waals surface area (Å²) < 4.78 is 23.0. The highest BCUT2D eigenvalue weighted by Gasteiger charge is 2.52. The van der Waals surface area contributed by atoms with Crippen molar-refractivity contribution in [2.45, 2.75) is 37.4 Å². The summed E-state index contributed by atoms with van der Waals surface area (Å²) in [6, 6.07) is 0. The Morgan fingerprint density at radius 2 is 1.29 bits per heavy atom. The van der Waals surface area contributed by atoms with Gasteiger partial charge in [-0.25, -0.2) is 8.42 Å². The van der Waals surface area contributed by atoms with E-state index in [1.165, 1.54) is 6.42 Å². The van der Waals surface area contributed by atoms with E-state index in [-0.39, 0.29) is 5.25 Å². The second-order valence-corrected chi connectivity index (χ2v) is 8.16. The largest absolute Gasteiger partial charge is 0.235 e. The molecule has 4 aliphatic carbocycles. The molecule has 0 amide bonds. The standard InChI is InChI=1S/C10H15ClO2S/c11-14(12,13)10-8-2-6-1-7(4-8)5-9(10)3-6/h6-10H,1-5H2. The summed E-state index contributed by atoms with van der Waals surface area (Å²) in [5, 5.41) is -0.211. The van der Waals surface area contributed by atoms with E-state index < -0.39 is 9.05 Å². The van der Waals surface area contributed by atoms with Crippen LogP contribution < -0.4 is 0 Å². The molecule has 2 nitrogen and oxygen atoms in total. The zero-order valence-electron chi connectivity index (χ0n) is 8.02. The van der Waals surface area contributed by atoms with Gasteiger partial charge >= 0.3 is 0 Å². The van der Waals surface area contributed by atoms with Crippen molar-refractivity contribution in [1.29, 1.82) is 0 Å². The average molecular weight is 235 g/mol. The quantitative estimate of drug-likeness (QED) is 0.653. The van der Waals surface area contributed by atoms with Crippen LogP contribution in [0.25, 0.3) is 0 Å². The minimum atomic E-state index is -3.32. The van der Waals surface area contributed by atoms with Gasteiger partial charge in [-0.15, -0.1) is 0 Å². The third kappa shape index (κ3) is 1.32. The first-order chi connectivity index (χ1) is 6.54. The van der Waals surface area contributed by atoms with Crippen LogP contribution in [0.4, 0.5) is 0 Å². The summed E-state index contributed by atoms with van der Waals surface area (Å²) in [5.74, 6) is 2.39. The SMILES string of the molecule is O=S(=O)(Cl)C1C2CC3CC(C2)CC1C3. The molecule has 4 heteroatoms. The van der Waals surface area contributed by atoms with Gasteiger partial charge in [0.2, 0.25) is 9.05 Å². The molecule has 0 radical (unpaired) electrons. The fourth-order valence-electron chi connectivity index (χ4n) is 4.33. The minimum absolute atomic E-state index is 0.211. The molecule has 0 atom stereocenters. The lowest BCUT2D eigenvalue weighted by molar-refractivity contribution is 0.0244. The van der Waals surface area contributed by atoms with Crippen LogP contribution in [0, 0.1) is 23.7 Å². The maximum atomic E-state index is 11.5. The molecule has 4 rings (SSSR count). The Kier molecular flexibility index (Phi) is 1.95. The zero-order chi connectivity index (χ0) is 9.92. The Labute approximate surface area is 89.4 Å². The van der Waals surface area contributed by atoms with Gasteiger partial charge in [-0.3, -0.25) is 0 Å². The van der Waals surface area contributed by atoms with Crippen LogP contribution in [-0.2, 0) is 9.05 Å². The highest BCUT2D eigenvalue weighted by Crippen LogP contribution is 2.56. The normalized spacial score (nSPS) is 51.1. The smallest absolute Gasteiger partial charge is 0.212 e. The second-order valence-electron chi connectivity index (χ2n) is 5.37. The molecular weight excluding hydrogens is 220 g/mol. The summed E-state index contributed by atoms with van der Waals surface area (Å²) in [5.41, 5.74) is 0. The van der Waals surface area contributed by atoms with E-state index in [1.54, 1.807) is 0 Å². The molecule has 0 heterocycles. The van der Waals surface area contributed by atoms with Gasteiger partial charge in [0.15, 0.2) is 0 Å². The van der Waals surface area contributed by atoms with Crippen LogP contribution >= 0.6 is 10.7 Å². The molecule has 0 aromatic heterocycles. The van der Waals surface area contributed by atoms with E-state index in [4.69, 9.17) is 10.7 Å². The van der Waals surface area contributed by atoms with E-state index in [0.29, 0.717) is 11.8 Å². The molecule has 4 bridgehead atoms. The summed E-state index contributed by atoms with van der Waals surface area (Å²) >= 11 is 0. The van der Waals surface area contributed by atoms with Crippen molar-refractivity contribution in [3.05, 3.63) is 0 Å². The average Bonchev–Trinajstić information content (AvgIpc) is 1.97. The van der Waals surface area contributed by atoms with Crippen molar-refractivity contribution < 1.29 is 8.42 Å². The van der Waals surface area contributed by atoms with Gasteiger partial charge < -0.3 is 0 Å². The van der Waals surface area contributed by atoms with Crippen molar-refractivity contribution in [3.8, 4) is 0 Å². The molecule has 0 aromatic rings. The van der Waals surface area contributed by atoms with E-state index in [9.17, 15) is 8.42 Å². The van der Waals surface area contributed by atoms with Crippen LogP contribution in [0.1, 0.15) is 32.1 Å². The van der Waals surface area contributed by atoms with Gasteiger partial charge in [-0.1, -0.05) is 0 Å². The van der Waals surface area contributed by atoms with Crippen molar-refractivity contribution in [2.75, 3.05) is 0 Å². The summed E-state index contributed by atoms with van der Waals surface area (Å²) in [6.45, 7) is 0. The summed E-state index contributed by atoms with van der Waals surface area (Å²) in [7, 11) is 2.23. The number of rotatable bonds is 1. The zero-order valence-corrected chi connectivity index (χ0v) is 9.60. The lowest BCUT2D eigenvalue weighted by atomic mass is 9.56. The predicted octanol–water partition coefficient (Wildman–Crippen LogP) is 2.38. The Morgan fingerprint density at radius 1 is 0.857 bits per heavy atom. The predicted molar refractivity (Wildman–Crippen MR) is 55.6 cm³/mol. The fourth-order valence-corrected chi connectivity index (χ4v) is 6.57. The maximum Gasteiger partial charge on any atom is 0.235 e. The monoisotopic (exact) mass is 234 g/mol. The van der Waals surface area contributed by atoms with Gasteiger partial charge in [0, 0.05) is 10.7 Å². The van der Waals surface area contributed by atoms with Crippen molar-refractivity contribution in [1.82, 2.24) is 0 Å². The lowest BCUT2D eigenvalue weighted by Crippen LogP contribution is -2.50.